The van der Waals surface area contributed by atoms with Crippen molar-refractivity contribution in [1.82, 2.24) is 4.90 Å². The molecule has 3 rings (SSSR count). The van der Waals surface area contributed by atoms with Gasteiger partial charge in [-0.2, -0.15) is 0 Å². The summed E-state index contributed by atoms with van der Waals surface area (Å²) in [6.07, 6.45) is 0. The summed E-state index contributed by atoms with van der Waals surface area (Å²) < 4.78 is 15.4. The van der Waals surface area contributed by atoms with Crippen LogP contribution in [0.2, 0.25) is 0 Å². The molecule has 2 saturated heterocycles. The van der Waals surface area contributed by atoms with Crippen LogP contribution in [0.3, 0.4) is 0 Å². The number of carbonyl (C=O) groups excluding carboxylic acids is 2. The molecule has 2 heterocycles. The minimum Gasteiger partial charge on any atom is -0.497 e. The zero-order valence-electron chi connectivity index (χ0n) is 13.8. The molecular weight excluding hydrogens is 314 g/mol. The van der Waals surface area contributed by atoms with Crippen molar-refractivity contribution in [2.45, 2.75) is 0 Å². The Morgan fingerprint density at radius 3 is 2.71 bits per heavy atom. The second-order valence-corrected chi connectivity index (χ2v) is 6.36. The lowest BCUT2D eigenvalue weighted by molar-refractivity contribution is 0.0600. The first-order valence-corrected chi connectivity index (χ1v) is 7.78. The molecule has 0 aromatic heterocycles. The summed E-state index contributed by atoms with van der Waals surface area (Å²) in [6.45, 7) is 1.98. The summed E-state index contributed by atoms with van der Waals surface area (Å²) in [5, 5.41) is 9.73. The SMILES string of the molecule is COC(=O)c1cc(OC)cc(C(=O)N2C[C@H]3COC[C@@]3(CO)C2)c1. The molecule has 0 bridgehead atoms. The van der Waals surface area contributed by atoms with Crippen LogP contribution in [0.25, 0.3) is 0 Å². The predicted octanol–water partition coefficient (Wildman–Crippen LogP) is 0.563. The van der Waals surface area contributed by atoms with E-state index in [2.05, 4.69) is 0 Å². The number of carbonyl (C=O) groups is 2. The molecule has 1 amide bonds. The van der Waals surface area contributed by atoms with E-state index in [0.29, 0.717) is 37.6 Å². The van der Waals surface area contributed by atoms with Crippen LogP contribution in [0.1, 0.15) is 20.7 Å². The van der Waals surface area contributed by atoms with Crippen LogP contribution in [-0.2, 0) is 9.47 Å². The van der Waals surface area contributed by atoms with E-state index < -0.39 is 5.97 Å². The lowest BCUT2D eigenvalue weighted by Gasteiger charge is -2.24. The number of aliphatic hydroxyl groups excluding tert-OH is 1. The van der Waals surface area contributed by atoms with E-state index in [1.165, 1.54) is 26.4 Å². The number of fused-ring (bicyclic) bond motifs is 1. The fourth-order valence-corrected chi connectivity index (χ4v) is 3.47. The van der Waals surface area contributed by atoms with Crippen LogP contribution >= 0.6 is 0 Å². The van der Waals surface area contributed by atoms with Crippen molar-refractivity contribution in [2.75, 3.05) is 47.1 Å². The number of nitrogens with zero attached hydrogens (tertiary/aromatic N) is 1. The van der Waals surface area contributed by atoms with Gasteiger partial charge in [-0.25, -0.2) is 4.79 Å². The Hall–Kier alpha value is -2.12. The van der Waals surface area contributed by atoms with Crippen molar-refractivity contribution >= 4 is 11.9 Å². The molecular formula is C17H21NO6. The molecule has 0 unspecified atom stereocenters. The second-order valence-electron chi connectivity index (χ2n) is 6.36. The molecule has 7 nitrogen and oxygen atoms in total. The van der Waals surface area contributed by atoms with Crippen molar-refractivity contribution in [2.24, 2.45) is 11.3 Å². The average molecular weight is 335 g/mol. The molecule has 2 aliphatic rings. The van der Waals surface area contributed by atoms with E-state index in [1.807, 2.05) is 0 Å². The zero-order valence-corrected chi connectivity index (χ0v) is 13.8. The Labute approximate surface area is 140 Å². The minimum atomic E-state index is -0.526. The van der Waals surface area contributed by atoms with Gasteiger partial charge in [0.25, 0.3) is 5.91 Å². The van der Waals surface area contributed by atoms with Gasteiger partial charge in [-0.15, -0.1) is 0 Å². The predicted molar refractivity (Wildman–Crippen MR) is 84.1 cm³/mol. The quantitative estimate of drug-likeness (QED) is 0.810. The van der Waals surface area contributed by atoms with Crippen molar-refractivity contribution < 1.29 is 28.9 Å². The van der Waals surface area contributed by atoms with Gasteiger partial charge in [0.15, 0.2) is 0 Å². The summed E-state index contributed by atoms with van der Waals surface area (Å²) in [5.74, 6) is -0.166. The van der Waals surface area contributed by atoms with Crippen LogP contribution < -0.4 is 4.74 Å². The number of amides is 1. The second kappa shape index (κ2) is 6.41. The Morgan fingerprint density at radius 1 is 1.33 bits per heavy atom. The Balaban J connectivity index is 1.86. The first-order valence-electron chi connectivity index (χ1n) is 7.78. The van der Waals surface area contributed by atoms with Crippen molar-refractivity contribution in [3.05, 3.63) is 29.3 Å². The topological polar surface area (TPSA) is 85.3 Å². The fourth-order valence-electron chi connectivity index (χ4n) is 3.47. The maximum Gasteiger partial charge on any atom is 0.338 e. The number of esters is 1. The van der Waals surface area contributed by atoms with Crippen molar-refractivity contribution in [3.8, 4) is 5.75 Å². The number of hydrogen-bond acceptors (Lipinski definition) is 6. The molecule has 1 N–H and O–H groups in total. The van der Waals surface area contributed by atoms with Gasteiger partial charge in [0.2, 0.25) is 0 Å². The summed E-state index contributed by atoms with van der Waals surface area (Å²) in [7, 11) is 2.76. The molecule has 0 radical (unpaired) electrons. The number of likely N-dealkylation sites (tertiary alicyclic amines) is 1. The minimum absolute atomic E-state index is 0.00698. The van der Waals surface area contributed by atoms with Crippen molar-refractivity contribution in [3.63, 3.8) is 0 Å². The van der Waals surface area contributed by atoms with E-state index >= 15 is 0 Å². The van der Waals surface area contributed by atoms with E-state index in [-0.39, 0.29) is 29.4 Å². The van der Waals surface area contributed by atoms with E-state index in [4.69, 9.17) is 14.2 Å². The third-order valence-electron chi connectivity index (χ3n) is 4.93. The van der Waals surface area contributed by atoms with Gasteiger partial charge in [0.05, 0.1) is 39.6 Å². The van der Waals surface area contributed by atoms with E-state index in [9.17, 15) is 14.7 Å². The summed E-state index contributed by atoms with van der Waals surface area (Å²) in [5.41, 5.74) is 0.253. The first kappa shape index (κ1) is 16.7. The van der Waals surface area contributed by atoms with Crippen LogP contribution in [0.15, 0.2) is 18.2 Å². The fraction of sp³-hybridized carbons (Fsp3) is 0.529. The molecule has 2 atom stereocenters. The lowest BCUT2D eigenvalue weighted by Crippen LogP contribution is -2.36. The standard InChI is InChI=1S/C17H21NO6/c1-22-14-4-11(3-12(5-14)16(21)23-2)15(20)18-6-13-7-24-10-17(13,8-18)9-19/h3-5,13,19H,6-10H2,1-2H3/t13-,17-/m0/s1. The number of aliphatic hydroxyl groups is 1. The van der Waals surface area contributed by atoms with Gasteiger partial charge in [-0.05, 0) is 18.2 Å². The number of benzene rings is 1. The van der Waals surface area contributed by atoms with E-state index in [1.54, 1.807) is 11.0 Å². The highest BCUT2D eigenvalue weighted by atomic mass is 16.5. The van der Waals surface area contributed by atoms with Crippen LogP contribution in [-0.4, -0.2) is 69.0 Å². The summed E-state index contributed by atoms with van der Waals surface area (Å²) in [6, 6.07) is 4.64. The average Bonchev–Trinajstić information content (AvgIpc) is 3.17. The van der Waals surface area contributed by atoms with Gasteiger partial charge in [-0.3, -0.25) is 4.79 Å². The molecule has 7 heteroatoms. The molecule has 2 aliphatic heterocycles. The molecule has 1 aromatic carbocycles. The molecule has 0 spiro atoms. The largest absolute Gasteiger partial charge is 0.497 e. The number of ether oxygens (including phenoxy) is 3. The first-order chi connectivity index (χ1) is 11.5. The molecule has 0 aliphatic carbocycles. The number of rotatable bonds is 4. The highest BCUT2D eigenvalue weighted by molar-refractivity contribution is 5.98. The normalized spacial score (nSPS) is 25.5. The third kappa shape index (κ3) is 2.74. The molecule has 24 heavy (non-hydrogen) atoms. The van der Waals surface area contributed by atoms with Gasteiger partial charge in [0.1, 0.15) is 5.75 Å². The lowest BCUT2D eigenvalue weighted by atomic mass is 9.82. The Morgan fingerprint density at radius 2 is 2.08 bits per heavy atom. The van der Waals surface area contributed by atoms with Gasteiger partial charge >= 0.3 is 5.97 Å². The maximum absolute atomic E-state index is 12.9. The van der Waals surface area contributed by atoms with E-state index in [0.717, 1.165) is 0 Å². The molecule has 2 fully saturated rings. The highest BCUT2D eigenvalue weighted by Gasteiger charge is 2.51. The highest BCUT2D eigenvalue weighted by Crippen LogP contribution is 2.41. The molecule has 0 saturated carbocycles. The Bertz CT molecular complexity index is 660. The summed E-state index contributed by atoms with van der Waals surface area (Å²) >= 11 is 0. The summed E-state index contributed by atoms with van der Waals surface area (Å²) in [4.78, 5) is 26.4. The molecule has 1 aromatic rings. The van der Waals surface area contributed by atoms with Crippen molar-refractivity contribution in [1.29, 1.82) is 0 Å². The Kier molecular flexibility index (Phi) is 4.47. The number of methoxy groups -OCH3 is 2. The van der Waals surface area contributed by atoms with Crippen LogP contribution in [0, 0.1) is 11.3 Å². The molecule has 130 valence electrons. The maximum atomic E-state index is 12.9. The smallest absolute Gasteiger partial charge is 0.338 e. The van der Waals surface area contributed by atoms with Gasteiger partial charge in [-0.1, -0.05) is 0 Å². The zero-order chi connectivity index (χ0) is 17.3. The van der Waals surface area contributed by atoms with Crippen LogP contribution in [0.4, 0.5) is 0 Å². The van der Waals surface area contributed by atoms with Gasteiger partial charge < -0.3 is 24.2 Å². The number of hydrogen-bond donors (Lipinski definition) is 1. The monoisotopic (exact) mass is 335 g/mol. The van der Waals surface area contributed by atoms with Gasteiger partial charge in [0, 0.05) is 30.0 Å². The van der Waals surface area contributed by atoms with Crippen LogP contribution in [0.5, 0.6) is 5.75 Å². The third-order valence-corrected chi connectivity index (χ3v) is 4.93.